The average molecular weight is 589 g/mol. The van der Waals surface area contributed by atoms with Crippen LogP contribution in [0.25, 0.3) is 0 Å². The van der Waals surface area contributed by atoms with Gasteiger partial charge in [0.15, 0.2) is 0 Å². The number of amides is 4. The third kappa shape index (κ3) is 7.98. The molecular weight excluding hydrogens is 552 g/mol. The molecule has 1 fully saturated rings. The van der Waals surface area contributed by atoms with Crippen LogP contribution < -0.4 is 10.6 Å². The van der Waals surface area contributed by atoms with E-state index in [1.54, 1.807) is 53.2 Å². The number of carbonyl (C=O) groups excluding carboxylic acids is 4. The van der Waals surface area contributed by atoms with E-state index in [1.165, 1.54) is 0 Å². The maximum Gasteiger partial charge on any atom is 0.253 e. The summed E-state index contributed by atoms with van der Waals surface area (Å²) in [6, 6.07) is 33.1. The molecule has 0 aromatic heterocycles. The van der Waals surface area contributed by atoms with Gasteiger partial charge in [-0.2, -0.15) is 0 Å². The molecule has 1 saturated heterocycles. The SMILES string of the molecule is CN(Cc1ccccc1)C(=O)c1cccc(NC(=O)Cc2ccc(NC(=O)C3CCN(C(=O)c4ccccc4)CC3)cc2)c1. The molecule has 0 atom stereocenters. The van der Waals surface area contributed by atoms with Crippen LogP contribution >= 0.6 is 0 Å². The predicted octanol–water partition coefficient (Wildman–Crippen LogP) is 5.63. The van der Waals surface area contributed by atoms with Crippen LogP contribution in [0.5, 0.6) is 0 Å². The molecule has 0 aliphatic carbocycles. The minimum Gasteiger partial charge on any atom is -0.339 e. The quantitative estimate of drug-likeness (QED) is 0.265. The van der Waals surface area contributed by atoms with Gasteiger partial charge >= 0.3 is 0 Å². The molecule has 0 radical (unpaired) electrons. The molecule has 44 heavy (non-hydrogen) atoms. The Bertz CT molecular complexity index is 1600. The number of hydrogen-bond donors (Lipinski definition) is 2. The molecule has 4 amide bonds. The first kappa shape index (κ1) is 30.2. The van der Waals surface area contributed by atoms with E-state index < -0.39 is 0 Å². The number of anilines is 2. The highest BCUT2D eigenvalue weighted by molar-refractivity contribution is 5.98. The van der Waals surface area contributed by atoms with E-state index >= 15 is 0 Å². The zero-order valence-electron chi connectivity index (χ0n) is 24.7. The Balaban J connectivity index is 1.08. The third-order valence-electron chi connectivity index (χ3n) is 7.76. The topological polar surface area (TPSA) is 98.8 Å². The first-order valence-electron chi connectivity index (χ1n) is 14.8. The van der Waals surface area contributed by atoms with Crippen LogP contribution in [0.3, 0.4) is 0 Å². The Morgan fingerprint density at radius 3 is 2.02 bits per heavy atom. The second kappa shape index (κ2) is 14.3. The van der Waals surface area contributed by atoms with E-state index in [4.69, 9.17) is 0 Å². The fourth-order valence-corrected chi connectivity index (χ4v) is 5.33. The predicted molar refractivity (Wildman–Crippen MR) is 171 cm³/mol. The molecule has 1 heterocycles. The lowest BCUT2D eigenvalue weighted by Crippen LogP contribution is -2.41. The van der Waals surface area contributed by atoms with Gasteiger partial charge in [0.2, 0.25) is 11.8 Å². The lowest BCUT2D eigenvalue weighted by atomic mass is 9.95. The van der Waals surface area contributed by atoms with Crippen molar-refractivity contribution in [3.8, 4) is 0 Å². The highest BCUT2D eigenvalue weighted by atomic mass is 16.2. The molecule has 1 aliphatic rings. The van der Waals surface area contributed by atoms with Crippen molar-refractivity contribution in [1.82, 2.24) is 9.80 Å². The molecular formula is C36H36N4O4. The number of benzene rings is 4. The van der Waals surface area contributed by atoms with Crippen LogP contribution in [0.4, 0.5) is 11.4 Å². The van der Waals surface area contributed by atoms with Gasteiger partial charge < -0.3 is 20.4 Å². The molecule has 1 aliphatic heterocycles. The van der Waals surface area contributed by atoms with Gasteiger partial charge in [-0.3, -0.25) is 19.2 Å². The maximum absolute atomic E-state index is 12.9. The Labute approximate surface area is 257 Å². The number of likely N-dealkylation sites (tertiary alicyclic amines) is 1. The standard InChI is InChI=1S/C36H36N4O4/c1-39(25-27-9-4-2-5-10-27)35(43)30-13-8-14-32(24-30)37-33(41)23-26-15-17-31(18-16-26)38-34(42)28-19-21-40(22-20-28)36(44)29-11-6-3-7-12-29/h2-18,24,28H,19-23,25H2,1H3,(H,37,41)(H,38,42). The minimum atomic E-state index is -0.208. The molecule has 8 heteroatoms. The summed E-state index contributed by atoms with van der Waals surface area (Å²) in [6.45, 7) is 1.57. The lowest BCUT2D eigenvalue weighted by Gasteiger charge is -2.31. The molecule has 0 saturated carbocycles. The number of piperidine rings is 1. The summed E-state index contributed by atoms with van der Waals surface area (Å²) in [5.41, 5.74) is 4.20. The Hall–Kier alpha value is -5.24. The summed E-state index contributed by atoms with van der Waals surface area (Å²) < 4.78 is 0. The monoisotopic (exact) mass is 588 g/mol. The highest BCUT2D eigenvalue weighted by Crippen LogP contribution is 2.22. The molecule has 224 valence electrons. The van der Waals surface area contributed by atoms with Crippen molar-refractivity contribution in [3.05, 3.63) is 131 Å². The smallest absolute Gasteiger partial charge is 0.253 e. The largest absolute Gasteiger partial charge is 0.339 e. The van der Waals surface area contributed by atoms with Gasteiger partial charge in [-0.1, -0.05) is 66.7 Å². The summed E-state index contributed by atoms with van der Waals surface area (Å²) in [7, 11) is 1.75. The lowest BCUT2D eigenvalue weighted by molar-refractivity contribution is -0.121. The van der Waals surface area contributed by atoms with Gasteiger partial charge in [0.25, 0.3) is 11.8 Å². The van der Waals surface area contributed by atoms with Gasteiger partial charge in [-0.05, 0) is 66.4 Å². The fourth-order valence-electron chi connectivity index (χ4n) is 5.33. The summed E-state index contributed by atoms with van der Waals surface area (Å²) in [5.74, 6) is -0.571. The molecule has 8 nitrogen and oxygen atoms in total. The van der Waals surface area contributed by atoms with Crippen molar-refractivity contribution in [1.29, 1.82) is 0 Å². The zero-order valence-corrected chi connectivity index (χ0v) is 24.7. The van der Waals surface area contributed by atoms with Gasteiger partial charge in [-0.15, -0.1) is 0 Å². The van der Waals surface area contributed by atoms with Crippen molar-refractivity contribution in [2.24, 2.45) is 5.92 Å². The van der Waals surface area contributed by atoms with Gasteiger partial charge in [0.05, 0.1) is 6.42 Å². The van der Waals surface area contributed by atoms with Gasteiger partial charge in [-0.25, -0.2) is 0 Å². The molecule has 4 aromatic rings. The number of carbonyl (C=O) groups is 4. The van der Waals surface area contributed by atoms with Gasteiger partial charge in [0, 0.05) is 55.1 Å². The Morgan fingerprint density at radius 1 is 0.705 bits per heavy atom. The van der Waals surface area contributed by atoms with Crippen LogP contribution in [0.15, 0.2) is 109 Å². The van der Waals surface area contributed by atoms with Crippen molar-refractivity contribution in [2.75, 3.05) is 30.8 Å². The normalized spacial score (nSPS) is 13.2. The van der Waals surface area contributed by atoms with Crippen molar-refractivity contribution < 1.29 is 19.2 Å². The van der Waals surface area contributed by atoms with E-state index in [0.29, 0.717) is 55.0 Å². The van der Waals surface area contributed by atoms with Crippen molar-refractivity contribution >= 4 is 35.0 Å². The van der Waals surface area contributed by atoms with Crippen LogP contribution in [0.1, 0.15) is 44.7 Å². The van der Waals surface area contributed by atoms with Crippen LogP contribution in [0.2, 0.25) is 0 Å². The number of rotatable bonds is 9. The zero-order chi connectivity index (χ0) is 30.9. The molecule has 4 aromatic carbocycles. The first-order chi connectivity index (χ1) is 21.4. The van der Waals surface area contributed by atoms with Gasteiger partial charge in [0.1, 0.15) is 0 Å². The highest BCUT2D eigenvalue weighted by Gasteiger charge is 2.28. The molecule has 0 spiro atoms. The van der Waals surface area contributed by atoms with E-state index in [1.807, 2.05) is 72.8 Å². The summed E-state index contributed by atoms with van der Waals surface area (Å²) in [6.07, 6.45) is 1.37. The maximum atomic E-state index is 12.9. The van der Waals surface area contributed by atoms with Crippen molar-refractivity contribution in [3.63, 3.8) is 0 Å². The second-order valence-corrected chi connectivity index (χ2v) is 11.1. The Morgan fingerprint density at radius 2 is 1.34 bits per heavy atom. The van der Waals surface area contributed by atoms with E-state index in [2.05, 4.69) is 10.6 Å². The number of hydrogen-bond acceptors (Lipinski definition) is 4. The number of nitrogens with one attached hydrogen (secondary N) is 2. The summed E-state index contributed by atoms with van der Waals surface area (Å²) >= 11 is 0. The molecule has 0 bridgehead atoms. The van der Waals surface area contributed by atoms with E-state index in [0.717, 1.165) is 11.1 Å². The Kier molecular flexibility index (Phi) is 9.81. The minimum absolute atomic E-state index is 0.00304. The molecule has 2 N–H and O–H groups in total. The third-order valence-corrected chi connectivity index (χ3v) is 7.76. The molecule has 0 unspecified atom stereocenters. The summed E-state index contributed by atoms with van der Waals surface area (Å²) in [4.78, 5) is 54.7. The number of nitrogens with zero attached hydrogens (tertiary/aromatic N) is 2. The van der Waals surface area contributed by atoms with Crippen LogP contribution in [-0.4, -0.2) is 53.6 Å². The average Bonchev–Trinajstić information content (AvgIpc) is 3.06. The van der Waals surface area contributed by atoms with E-state index in [9.17, 15) is 19.2 Å². The fraction of sp³-hybridized carbons (Fsp3) is 0.222. The van der Waals surface area contributed by atoms with Crippen LogP contribution in [-0.2, 0) is 22.6 Å². The van der Waals surface area contributed by atoms with Crippen LogP contribution in [0, 0.1) is 5.92 Å². The second-order valence-electron chi connectivity index (χ2n) is 11.1. The van der Waals surface area contributed by atoms with E-state index in [-0.39, 0.29) is 36.0 Å². The van der Waals surface area contributed by atoms with Crippen molar-refractivity contribution in [2.45, 2.75) is 25.8 Å². The summed E-state index contributed by atoms with van der Waals surface area (Å²) in [5, 5.41) is 5.85. The first-order valence-corrected chi connectivity index (χ1v) is 14.8. The molecule has 5 rings (SSSR count).